The van der Waals surface area contributed by atoms with Crippen LogP contribution >= 0.6 is 0 Å². The molecule has 3 saturated heterocycles. The fourth-order valence-electron chi connectivity index (χ4n) is 5.99. The fourth-order valence-corrected chi connectivity index (χ4v) is 5.99. The predicted molar refractivity (Wildman–Crippen MR) is 113 cm³/mol. The molecule has 3 aliphatic heterocycles. The number of H-pyrrole nitrogens is 2. The summed E-state index contributed by atoms with van der Waals surface area (Å²) < 4.78 is 0. The molecule has 6 rings (SSSR count). The van der Waals surface area contributed by atoms with Gasteiger partial charge in [-0.2, -0.15) is 20.3 Å². The number of hydrogen-bond acceptors (Lipinski definition) is 7. The lowest BCUT2D eigenvalue weighted by molar-refractivity contribution is -0.222. The molecule has 2 atom stereocenters. The van der Waals surface area contributed by atoms with Crippen molar-refractivity contribution in [3.8, 4) is 6.07 Å². The van der Waals surface area contributed by atoms with Gasteiger partial charge in [0.15, 0.2) is 5.82 Å². The average molecular weight is 403 g/mol. The van der Waals surface area contributed by atoms with Crippen LogP contribution in [0.1, 0.15) is 44.2 Å². The highest BCUT2D eigenvalue weighted by Crippen LogP contribution is 2.58. The van der Waals surface area contributed by atoms with Crippen molar-refractivity contribution in [1.82, 2.24) is 30.0 Å². The Kier molecular flexibility index (Phi) is 3.80. The number of fused-ring (bicyclic) bond motifs is 1. The van der Waals surface area contributed by atoms with E-state index in [0.717, 1.165) is 47.6 Å². The van der Waals surface area contributed by atoms with Gasteiger partial charge in [-0.25, -0.2) is 0 Å². The number of nitrogens with one attached hydrogen (secondary N) is 4. The Bertz CT molecular complexity index is 1120. The number of aromatic amines is 2. The van der Waals surface area contributed by atoms with Gasteiger partial charge in [0.1, 0.15) is 11.5 Å². The van der Waals surface area contributed by atoms with Crippen molar-refractivity contribution in [3.05, 3.63) is 24.0 Å². The molecule has 9 heteroatoms. The summed E-state index contributed by atoms with van der Waals surface area (Å²) in [6.07, 6.45) is 8.26. The first-order chi connectivity index (χ1) is 14.6. The van der Waals surface area contributed by atoms with E-state index in [2.05, 4.69) is 36.8 Å². The number of nitriles is 1. The minimum Gasteiger partial charge on any atom is -0.351 e. The van der Waals surface area contributed by atoms with E-state index in [0.29, 0.717) is 36.0 Å². The van der Waals surface area contributed by atoms with Gasteiger partial charge >= 0.3 is 0 Å². The Hall–Kier alpha value is -3.12. The van der Waals surface area contributed by atoms with E-state index in [9.17, 15) is 0 Å². The molecule has 4 N–H and O–H groups in total. The number of hydrogen-bond donors (Lipinski definition) is 4. The molecule has 3 aromatic rings. The predicted octanol–water partition coefficient (Wildman–Crippen LogP) is 3.20. The second-order valence-corrected chi connectivity index (χ2v) is 9.02. The topological polar surface area (TPSA) is 121 Å². The van der Waals surface area contributed by atoms with Crippen molar-refractivity contribution < 1.29 is 0 Å². The van der Waals surface area contributed by atoms with Crippen LogP contribution in [0.2, 0.25) is 0 Å². The summed E-state index contributed by atoms with van der Waals surface area (Å²) in [6, 6.07) is 7.89. The highest BCUT2D eigenvalue weighted by Gasteiger charge is 2.64. The molecule has 30 heavy (non-hydrogen) atoms. The van der Waals surface area contributed by atoms with Gasteiger partial charge in [-0.15, -0.1) is 0 Å². The van der Waals surface area contributed by atoms with Crippen LogP contribution in [0.3, 0.4) is 0 Å². The Balaban J connectivity index is 1.19. The maximum Gasteiger partial charge on any atom is 0.226 e. The SMILES string of the molecule is Cc1cc(Nc2nc(NC3CC4CC5(CCC#N)CC(C3)N45)nc3[nH]ccc23)n[nH]1. The van der Waals surface area contributed by atoms with E-state index in [1.807, 2.05) is 25.3 Å². The first-order valence-electron chi connectivity index (χ1n) is 10.7. The molecule has 3 aromatic heterocycles. The van der Waals surface area contributed by atoms with E-state index in [4.69, 9.17) is 15.2 Å². The van der Waals surface area contributed by atoms with Gasteiger partial charge in [0, 0.05) is 48.0 Å². The Morgan fingerprint density at radius 2 is 2.13 bits per heavy atom. The summed E-state index contributed by atoms with van der Waals surface area (Å²) in [7, 11) is 0. The van der Waals surface area contributed by atoms with Gasteiger partial charge < -0.3 is 15.6 Å². The fraction of sp³-hybridized carbons (Fsp3) is 0.524. The molecule has 0 radical (unpaired) electrons. The largest absolute Gasteiger partial charge is 0.351 e. The molecule has 3 aliphatic rings. The van der Waals surface area contributed by atoms with Crippen LogP contribution in [0.5, 0.6) is 0 Å². The van der Waals surface area contributed by atoms with Crippen molar-refractivity contribution in [3.63, 3.8) is 0 Å². The molecular formula is C21H25N9. The zero-order chi connectivity index (χ0) is 20.3. The molecule has 0 bridgehead atoms. The van der Waals surface area contributed by atoms with Crippen LogP contribution in [-0.2, 0) is 0 Å². The highest BCUT2D eigenvalue weighted by molar-refractivity contribution is 5.89. The van der Waals surface area contributed by atoms with E-state index in [1.54, 1.807) is 0 Å². The van der Waals surface area contributed by atoms with E-state index >= 15 is 0 Å². The highest BCUT2D eigenvalue weighted by atomic mass is 15.4. The molecule has 0 saturated carbocycles. The first kappa shape index (κ1) is 17.7. The number of nitrogens with zero attached hydrogens (tertiary/aromatic N) is 5. The molecule has 2 unspecified atom stereocenters. The van der Waals surface area contributed by atoms with Crippen molar-refractivity contribution in [2.24, 2.45) is 0 Å². The Morgan fingerprint density at radius 1 is 1.30 bits per heavy atom. The maximum absolute atomic E-state index is 8.94. The quantitative estimate of drug-likeness (QED) is 0.499. The van der Waals surface area contributed by atoms with E-state index in [1.165, 1.54) is 12.8 Å². The van der Waals surface area contributed by atoms with E-state index in [-0.39, 0.29) is 0 Å². The zero-order valence-electron chi connectivity index (χ0n) is 16.9. The number of aryl methyl sites for hydroxylation is 1. The minimum atomic E-state index is 0.342. The van der Waals surface area contributed by atoms with Gasteiger partial charge in [-0.1, -0.05) is 0 Å². The minimum absolute atomic E-state index is 0.342. The molecule has 6 heterocycles. The lowest BCUT2D eigenvalue weighted by Crippen LogP contribution is -2.81. The van der Waals surface area contributed by atoms with Gasteiger partial charge in [0.2, 0.25) is 5.95 Å². The summed E-state index contributed by atoms with van der Waals surface area (Å²) in [5, 5.41) is 24.0. The molecule has 9 nitrogen and oxygen atoms in total. The third-order valence-electron chi connectivity index (χ3n) is 7.08. The standard InChI is InChI=1S/C21H25N9/c1-12-7-17(29-28-12)25-19-16-3-6-23-18(16)26-20(27-19)24-13-8-14-10-21(4-2-5-22)11-15(9-13)30(14)21/h3,6-7,13-15H,2,4,8-11H2,1H3,(H4,23,24,25,26,27,28,29). The third kappa shape index (κ3) is 2.67. The number of piperidine rings is 2. The van der Waals surface area contributed by atoms with Crippen molar-refractivity contribution in [2.45, 2.75) is 69.1 Å². The van der Waals surface area contributed by atoms with Gasteiger partial charge in [0.05, 0.1) is 11.5 Å². The smallest absolute Gasteiger partial charge is 0.226 e. The zero-order valence-corrected chi connectivity index (χ0v) is 16.9. The first-order valence-corrected chi connectivity index (χ1v) is 10.7. The summed E-state index contributed by atoms with van der Waals surface area (Å²) in [4.78, 5) is 15.4. The number of rotatable bonds is 6. The second kappa shape index (κ2) is 6.44. The monoisotopic (exact) mass is 403 g/mol. The van der Waals surface area contributed by atoms with Crippen LogP contribution in [0.25, 0.3) is 11.0 Å². The number of aromatic nitrogens is 5. The molecular weight excluding hydrogens is 378 g/mol. The lowest BCUT2D eigenvalue weighted by atomic mass is 9.57. The Morgan fingerprint density at radius 3 is 2.87 bits per heavy atom. The van der Waals surface area contributed by atoms with Crippen molar-refractivity contribution >= 4 is 28.6 Å². The molecule has 0 amide bonds. The molecule has 0 aliphatic carbocycles. The number of anilines is 3. The summed E-state index contributed by atoms with van der Waals surface area (Å²) in [5.41, 5.74) is 2.14. The summed E-state index contributed by atoms with van der Waals surface area (Å²) >= 11 is 0. The van der Waals surface area contributed by atoms with Crippen LogP contribution in [-0.4, -0.2) is 53.7 Å². The molecule has 0 spiro atoms. The van der Waals surface area contributed by atoms with Gasteiger partial charge in [-0.05, 0) is 45.1 Å². The molecule has 0 aromatic carbocycles. The van der Waals surface area contributed by atoms with Crippen LogP contribution < -0.4 is 10.6 Å². The molecule has 3 fully saturated rings. The van der Waals surface area contributed by atoms with Crippen LogP contribution in [0.4, 0.5) is 17.6 Å². The van der Waals surface area contributed by atoms with Crippen molar-refractivity contribution in [1.29, 1.82) is 5.26 Å². The van der Waals surface area contributed by atoms with Crippen molar-refractivity contribution in [2.75, 3.05) is 10.6 Å². The average Bonchev–Trinajstić information content (AvgIpc) is 3.32. The van der Waals surface area contributed by atoms with Gasteiger partial charge in [-0.3, -0.25) is 10.00 Å². The second-order valence-electron chi connectivity index (χ2n) is 9.02. The summed E-state index contributed by atoms with van der Waals surface area (Å²) in [6.45, 7) is 1.97. The van der Waals surface area contributed by atoms with Crippen LogP contribution in [0.15, 0.2) is 18.3 Å². The third-order valence-corrected chi connectivity index (χ3v) is 7.08. The Labute approximate surface area is 174 Å². The van der Waals surface area contributed by atoms with E-state index < -0.39 is 0 Å². The molecule has 154 valence electrons. The van der Waals surface area contributed by atoms with Gasteiger partial charge in [0.25, 0.3) is 0 Å². The summed E-state index contributed by atoms with van der Waals surface area (Å²) in [5.74, 6) is 2.13. The normalized spacial score (nSPS) is 29.5. The maximum atomic E-state index is 8.94. The lowest BCUT2D eigenvalue weighted by Gasteiger charge is -2.74. The van der Waals surface area contributed by atoms with Crippen LogP contribution in [0, 0.1) is 18.3 Å².